The summed E-state index contributed by atoms with van der Waals surface area (Å²) < 4.78 is 0. The van der Waals surface area contributed by atoms with Crippen molar-refractivity contribution in [1.29, 1.82) is 0 Å². The van der Waals surface area contributed by atoms with Crippen LogP contribution >= 0.6 is 11.8 Å². The first kappa shape index (κ1) is 28.5. The predicted molar refractivity (Wildman–Crippen MR) is 218 cm³/mol. The molecule has 0 saturated carbocycles. The molecule has 0 radical (unpaired) electrons. The second-order valence-electron chi connectivity index (χ2n) is 14.4. The second-order valence-corrected chi connectivity index (χ2v) is 15.4. The van der Waals surface area contributed by atoms with Crippen molar-refractivity contribution in [3.05, 3.63) is 204 Å². The van der Waals surface area contributed by atoms with E-state index in [-0.39, 0.29) is 0 Å². The fraction of sp³-hybridized carbons (Fsp3) is 0.0196. The highest BCUT2D eigenvalue weighted by Gasteiger charge is 2.52. The molecule has 9 aromatic rings. The lowest BCUT2D eigenvalue weighted by Gasteiger charge is -2.31. The van der Waals surface area contributed by atoms with Gasteiger partial charge in [0.2, 0.25) is 0 Å². The average molecular weight is 675 g/mol. The highest BCUT2D eigenvalue weighted by molar-refractivity contribution is 7.99. The fourth-order valence-corrected chi connectivity index (χ4v) is 10.8. The molecule has 9 aromatic carbocycles. The van der Waals surface area contributed by atoms with Crippen molar-refractivity contribution in [1.82, 2.24) is 0 Å². The molecule has 0 fully saturated rings. The lowest BCUT2D eigenvalue weighted by Crippen LogP contribution is -2.26. The molecule has 1 heterocycles. The second kappa shape index (κ2) is 10.4. The maximum absolute atomic E-state index is 2.49. The summed E-state index contributed by atoms with van der Waals surface area (Å²) in [4.78, 5) is 2.66. The van der Waals surface area contributed by atoms with Crippen LogP contribution in [0.3, 0.4) is 0 Å². The van der Waals surface area contributed by atoms with Gasteiger partial charge in [-0.1, -0.05) is 169 Å². The number of benzene rings is 9. The standard InChI is InChI=1S/C51H30S/c1-2-12-37-33(9-1)23-27-42-39-14-4-6-17-45(39)51(50(37)42)44-16-5-3-13-38(44)40-26-24-36(30-46(40)51)32-21-19-31(20-22-32)35-25-28-47-43(29-35)41-15-7-10-34-11-8-18-48(52-47)49(34)41/h1-30H. The molecule has 2 aliphatic carbocycles. The molecular weight excluding hydrogens is 645 g/mol. The zero-order chi connectivity index (χ0) is 34.0. The van der Waals surface area contributed by atoms with E-state index in [0.717, 1.165) is 0 Å². The Bertz CT molecular complexity index is 2970. The van der Waals surface area contributed by atoms with Crippen LogP contribution in [0.4, 0.5) is 0 Å². The summed E-state index contributed by atoms with van der Waals surface area (Å²) in [6.45, 7) is 0. The van der Waals surface area contributed by atoms with Gasteiger partial charge in [0.25, 0.3) is 0 Å². The molecule has 0 aromatic heterocycles. The molecule has 1 unspecified atom stereocenters. The van der Waals surface area contributed by atoms with E-state index in [1.165, 1.54) is 109 Å². The summed E-state index contributed by atoms with van der Waals surface area (Å²) in [5, 5.41) is 5.29. The van der Waals surface area contributed by atoms with Gasteiger partial charge < -0.3 is 0 Å². The lowest BCUT2D eigenvalue weighted by molar-refractivity contribution is 0.801. The zero-order valence-corrected chi connectivity index (χ0v) is 29.0. The van der Waals surface area contributed by atoms with Crippen LogP contribution in [-0.2, 0) is 5.41 Å². The van der Waals surface area contributed by atoms with Gasteiger partial charge in [-0.15, -0.1) is 0 Å². The SMILES string of the molecule is c1ccc2c(c1)-c1ccc(-c3ccc(-c4ccc5c(c4)-c4cccc6cccc(c46)S5)cc3)cc1C21c2ccccc2-c2ccc3ccccc3c21. The van der Waals surface area contributed by atoms with Gasteiger partial charge in [0.1, 0.15) is 0 Å². The number of hydrogen-bond acceptors (Lipinski definition) is 1. The van der Waals surface area contributed by atoms with E-state index in [1.807, 2.05) is 11.8 Å². The summed E-state index contributed by atoms with van der Waals surface area (Å²) >= 11 is 1.88. The maximum atomic E-state index is 2.49. The summed E-state index contributed by atoms with van der Waals surface area (Å²) in [7, 11) is 0. The first-order valence-corrected chi connectivity index (χ1v) is 18.9. The summed E-state index contributed by atoms with van der Waals surface area (Å²) in [5.74, 6) is 0. The van der Waals surface area contributed by atoms with Crippen LogP contribution in [0, 0.1) is 0 Å². The van der Waals surface area contributed by atoms with E-state index >= 15 is 0 Å². The van der Waals surface area contributed by atoms with E-state index in [2.05, 4.69) is 182 Å². The first-order valence-electron chi connectivity index (χ1n) is 18.1. The Hall–Kier alpha value is -6.15. The zero-order valence-electron chi connectivity index (χ0n) is 28.2. The van der Waals surface area contributed by atoms with Gasteiger partial charge in [0, 0.05) is 15.2 Å². The number of fused-ring (bicyclic) bond motifs is 14. The normalized spacial score (nSPS) is 15.7. The largest absolute Gasteiger partial charge is 0.0888 e. The minimum atomic E-state index is -0.392. The highest BCUT2D eigenvalue weighted by Crippen LogP contribution is 2.64. The molecule has 3 aliphatic rings. The van der Waals surface area contributed by atoms with E-state index in [1.54, 1.807) is 0 Å². The Morgan fingerprint density at radius 3 is 1.71 bits per heavy atom. The van der Waals surface area contributed by atoms with Crippen LogP contribution in [0.5, 0.6) is 0 Å². The third-order valence-electron chi connectivity index (χ3n) is 11.9. The third-order valence-corrected chi connectivity index (χ3v) is 13.0. The lowest BCUT2D eigenvalue weighted by atomic mass is 9.69. The van der Waals surface area contributed by atoms with Crippen LogP contribution in [0.15, 0.2) is 192 Å². The smallest absolute Gasteiger partial charge is 0.0731 e. The molecule has 1 heteroatoms. The van der Waals surface area contributed by atoms with Gasteiger partial charge in [-0.25, -0.2) is 0 Å². The maximum Gasteiger partial charge on any atom is 0.0731 e. The molecule has 1 spiro atoms. The molecule has 0 nitrogen and oxygen atoms in total. The molecule has 12 rings (SSSR count). The fourth-order valence-electron chi connectivity index (χ4n) is 9.70. The van der Waals surface area contributed by atoms with Gasteiger partial charge in [0.05, 0.1) is 5.41 Å². The van der Waals surface area contributed by atoms with Crippen LogP contribution in [-0.4, -0.2) is 0 Å². The molecule has 52 heavy (non-hydrogen) atoms. The van der Waals surface area contributed by atoms with Gasteiger partial charge in [-0.05, 0) is 118 Å². The monoisotopic (exact) mass is 674 g/mol. The van der Waals surface area contributed by atoms with Gasteiger partial charge in [-0.3, -0.25) is 0 Å². The Morgan fingerprint density at radius 2 is 0.904 bits per heavy atom. The molecule has 0 saturated heterocycles. The summed E-state index contributed by atoms with van der Waals surface area (Å²) in [6, 6.07) is 68.5. The molecular formula is C51H30S. The van der Waals surface area contributed by atoms with Crippen LogP contribution in [0.2, 0.25) is 0 Å². The summed E-state index contributed by atoms with van der Waals surface area (Å²) in [5.41, 5.74) is 18.1. The van der Waals surface area contributed by atoms with Gasteiger partial charge in [0.15, 0.2) is 0 Å². The highest BCUT2D eigenvalue weighted by atomic mass is 32.2. The van der Waals surface area contributed by atoms with E-state index in [9.17, 15) is 0 Å². The minimum absolute atomic E-state index is 0.392. The van der Waals surface area contributed by atoms with Crippen molar-refractivity contribution in [3.63, 3.8) is 0 Å². The predicted octanol–water partition coefficient (Wildman–Crippen LogP) is 13.8. The number of hydrogen-bond donors (Lipinski definition) is 0. The van der Waals surface area contributed by atoms with Crippen LogP contribution in [0.1, 0.15) is 22.3 Å². The van der Waals surface area contributed by atoms with Crippen molar-refractivity contribution in [2.75, 3.05) is 0 Å². The quantitative estimate of drug-likeness (QED) is 0.176. The number of rotatable bonds is 2. The van der Waals surface area contributed by atoms with Crippen molar-refractivity contribution in [3.8, 4) is 55.6 Å². The Labute approximate surface area is 307 Å². The Kier molecular flexibility index (Phi) is 5.73. The molecule has 1 aliphatic heterocycles. The molecule has 0 bridgehead atoms. The van der Waals surface area contributed by atoms with E-state index in [4.69, 9.17) is 0 Å². The van der Waals surface area contributed by atoms with Gasteiger partial charge >= 0.3 is 0 Å². The van der Waals surface area contributed by atoms with E-state index < -0.39 is 5.41 Å². The molecule has 0 N–H and O–H groups in total. The first-order chi connectivity index (χ1) is 25.8. The Morgan fingerprint density at radius 1 is 0.327 bits per heavy atom. The topological polar surface area (TPSA) is 0 Å². The summed E-state index contributed by atoms with van der Waals surface area (Å²) in [6.07, 6.45) is 0. The third kappa shape index (κ3) is 3.68. The van der Waals surface area contributed by atoms with Gasteiger partial charge in [-0.2, -0.15) is 0 Å². The van der Waals surface area contributed by atoms with E-state index in [0.29, 0.717) is 0 Å². The van der Waals surface area contributed by atoms with Crippen LogP contribution in [0.25, 0.3) is 77.2 Å². The minimum Gasteiger partial charge on any atom is -0.0888 e. The van der Waals surface area contributed by atoms with Crippen molar-refractivity contribution >= 4 is 33.3 Å². The van der Waals surface area contributed by atoms with Crippen molar-refractivity contribution in [2.24, 2.45) is 0 Å². The molecule has 240 valence electrons. The van der Waals surface area contributed by atoms with Crippen LogP contribution < -0.4 is 0 Å². The molecule has 1 atom stereocenters. The Balaban J connectivity index is 1.01. The van der Waals surface area contributed by atoms with Crippen molar-refractivity contribution < 1.29 is 0 Å². The average Bonchev–Trinajstić information content (AvgIpc) is 3.68. The molecule has 0 amide bonds. The van der Waals surface area contributed by atoms with Crippen molar-refractivity contribution in [2.45, 2.75) is 15.2 Å².